The summed E-state index contributed by atoms with van der Waals surface area (Å²) >= 11 is 5.48. The Morgan fingerprint density at radius 2 is 2.50 bits per heavy atom. The lowest BCUT2D eigenvalue weighted by Crippen LogP contribution is -2.27. The first-order valence-electron chi connectivity index (χ1n) is 6.03. The van der Waals surface area contributed by atoms with Crippen molar-refractivity contribution in [2.75, 3.05) is 17.6 Å². The summed E-state index contributed by atoms with van der Waals surface area (Å²) in [7, 11) is 0. The summed E-state index contributed by atoms with van der Waals surface area (Å²) in [6.45, 7) is 3.25. The lowest BCUT2D eigenvalue weighted by atomic mass is 10.1. The predicted molar refractivity (Wildman–Crippen MR) is 79.3 cm³/mol. The molecule has 0 aliphatic carbocycles. The summed E-state index contributed by atoms with van der Waals surface area (Å²) in [5.74, 6) is 2.12. The van der Waals surface area contributed by atoms with Crippen molar-refractivity contribution < 1.29 is 0 Å². The third-order valence-electron chi connectivity index (χ3n) is 3.27. The van der Waals surface area contributed by atoms with Crippen LogP contribution in [0.1, 0.15) is 19.8 Å². The molecule has 0 saturated carbocycles. The van der Waals surface area contributed by atoms with E-state index in [1.165, 1.54) is 18.6 Å². The van der Waals surface area contributed by atoms with Gasteiger partial charge in [0.25, 0.3) is 0 Å². The van der Waals surface area contributed by atoms with Gasteiger partial charge in [-0.1, -0.05) is 0 Å². The maximum absolute atomic E-state index is 4.48. The number of rotatable bonds is 3. The summed E-state index contributed by atoms with van der Waals surface area (Å²) in [6.07, 6.45) is 8.22. The standard InChI is InChI=1S/C12H15BrN4S/c1-12(3-2-6-18-12)8-15-10-11-14-4-5-17(11)7-9(13)16-10/h4-5,7H,2-3,6,8H2,1H3,(H,15,16). The minimum absolute atomic E-state index is 0.327. The van der Waals surface area contributed by atoms with Crippen molar-refractivity contribution in [3.05, 3.63) is 23.2 Å². The second-order valence-corrected chi connectivity index (χ2v) is 7.32. The molecule has 18 heavy (non-hydrogen) atoms. The molecule has 0 spiro atoms. The van der Waals surface area contributed by atoms with E-state index in [1.807, 2.05) is 28.6 Å². The predicted octanol–water partition coefficient (Wildman–Crippen LogP) is 3.19. The van der Waals surface area contributed by atoms with Gasteiger partial charge in [-0.3, -0.25) is 0 Å². The van der Waals surface area contributed by atoms with E-state index in [0.29, 0.717) is 4.75 Å². The minimum atomic E-state index is 0.327. The molecule has 3 rings (SSSR count). The Morgan fingerprint density at radius 1 is 1.61 bits per heavy atom. The van der Waals surface area contributed by atoms with Crippen LogP contribution in [0.25, 0.3) is 5.65 Å². The molecule has 3 heterocycles. The minimum Gasteiger partial charge on any atom is -0.366 e. The Kier molecular flexibility index (Phi) is 3.23. The fourth-order valence-corrected chi connectivity index (χ4v) is 3.91. The van der Waals surface area contributed by atoms with Crippen molar-refractivity contribution in [2.45, 2.75) is 24.5 Å². The van der Waals surface area contributed by atoms with Crippen molar-refractivity contribution in [1.82, 2.24) is 14.4 Å². The Hall–Kier alpha value is -0.750. The average molecular weight is 327 g/mol. The maximum Gasteiger partial charge on any atom is 0.180 e. The lowest BCUT2D eigenvalue weighted by molar-refractivity contribution is 0.633. The molecule has 0 aromatic carbocycles. The number of fused-ring (bicyclic) bond motifs is 1. The molecule has 4 nitrogen and oxygen atoms in total. The first-order chi connectivity index (χ1) is 8.66. The number of anilines is 1. The van der Waals surface area contributed by atoms with Gasteiger partial charge in [-0.25, -0.2) is 9.97 Å². The Bertz CT molecular complexity index is 562. The van der Waals surface area contributed by atoms with Crippen LogP contribution in [0.15, 0.2) is 23.2 Å². The molecule has 0 bridgehead atoms. The summed E-state index contributed by atoms with van der Waals surface area (Å²) in [6, 6.07) is 0. The second kappa shape index (κ2) is 4.74. The van der Waals surface area contributed by atoms with Crippen molar-refractivity contribution in [1.29, 1.82) is 0 Å². The Balaban J connectivity index is 1.83. The number of aromatic nitrogens is 3. The van der Waals surface area contributed by atoms with E-state index in [2.05, 4.69) is 38.1 Å². The molecule has 1 saturated heterocycles. The van der Waals surface area contributed by atoms with Crippen LogP contribution in [-0.2, 0) is 0 Å². The fraction of sp³-hybridized carbons (Fsp3) is 0.500. The maximum atomic E-state index is 4.48. The molecular weight excluding hydrogens is 312 g/mol. The highest BCUT2D eigenvalue weighted by molar-refractivity contribution is 9.10. The van der Waals surface area contributed by atoms with Gasteiger partial charge < -0.3 is 9.72 Å². The number of nitrogens with zero attached hydrogens (tertiary/aromatic N) is 3. The van der Waals surface area contributed by atoms with E-state index in [4.69, 9.17) is 0 Å². The topological polar surface area (TPSA) is 42.2 Å². The number of hydrogen-bond donors (Lipinski definition) is 1. The second-order valence-electron chi connectivity index (χ2n) is 4.83. The fourth-order valence-electron chi connectivity index (χ4n) is 2.27. The number of hydrogen-bond acceptors (Lipinski definition) is 4. The normalized spacial score (nSPS) is 23.7. The van der Waals surface area contributed by atoms with Crippen LogP contribution < -0.4 is 5.32 Å². The summed E-state index contributed by atoms with van der Waals surface area (Å²) in [4.78, 5) is 8.82. The van der Waals surface area contributed by atoms with Gasteiger partial charge in [0, 0.05) is 29.9 Å². The number of halogens is 1. The average Bonchev–Trinajstić information content (AvgIpc) is 2.95. The van der Waals surface area contributed by atoms with Crippen molar-refractivity contribution in [3.63, 3.8) is 0 Å². The molecule has 1 aliphatic rings. The van der Waals surface area contributed by atoms with E-state index in [9.17, 15) is 0 Å². The third-order valence-corrected chi connectivity index (χ3v) is 5.20. The van der Waals surface area contributed by atoms with Crippen LogP contribution in [-0.4, -0.2) is 31.4 Å². The molecule has 2 aromatic rings. The molecule has 6 heteroatoms. The van der Waals surface area contributed by atoms with Crippen LogP contribution >= 0.6 is 27.7 Å². The third kappa shape index (κ3) is 2.36. The Labute approximate surface area is 119 Å². The van der Waals surface area contributed by atoms with Crippen LogP contribution in [0, 0.1) is 0 Å². The molecule has 1 aliphatic heterocycles. The van der Waals surface area contributed by atoms with Crippen LogP contribution in [0.4, 0.5) is 5.82 Å². The van der Waals surface area contributed by atoms with Crippen LogP contribution in [0.5, 0.6) is 0 Å². The van der Waals surface area contributed by atoms with Gasteiger partial charge in [0.05, 0.1) is 0 Å². The zero-order valence-electron chi connectivity index (χ0n) is 10.2. The first-order valence-corrected chi connectivity index (χ1v) is 7.81. The van der Waals surface area contributed by atoms with Gasteiger partial charge in [-0.2, -0.15) is 11.8 Å². The van der Waals surface area contributed by atoms with E-state index >= 15 is 0 Å². The molecule has 2 aromatic heterocycles. The molecule has 0 radical (unpaired) electrons. The van der Waals surface area contributed by atoms with Gasteiger partial charge >= 0.3 is 0 Å². The van der Waals surface area contributed by atoms with Crippen LogP contribution in [0.3, 0.4) is 0 Å². The van der Waals surface area contributed by atoms with E-state index in [1.54, 1.807) is 6.20 Å². The zero-order chi connectivity index (χ0) is 12.6. The van der Waals surface area contributed by atoms with Gasteiger partial charge in [-0.15, -0.1) is 0 Å². The Morgan fingerprint density at radius 3 is 3.28 bits per heavy atom. The van der Waals surface area contributed by atoms with Gasteiger partial charge in [0.1, 0.15) is 4.60 Å². The first kappa shape index (κ1) is 12.3. The molecule has 1 atom stereocenters. The van der Waals surface area contributed by atoms with Crippen LogP contribution in [0.2, 0.25) is 0 Å². The number of imidazole rings is 1. The molecule has 1 fully saturated rings. The SMILES string of the molecule is CC1(CNc2nc(Br)cn3ccnc23)CCCS1. The van der Waals surface area contributed by atoms with E-state index in [0.717, 1.165) is 22.6 Å². The molecular formula is C12H15BrN4S. The van der Waals surface area contributed by atoms with Crippen molar-refractivity contribution >= 4 is 39.2 Å². The van der Waals surface area contributed by atoms with E-state index in [-0.39, 0.29) is 0 Å². The summed E-state index contributed by atoms with van der Waals surface area (Å²) < 4.78 is 3.12. The summed E-state index contributed by atoms with van der Waals surface area (Å²) in [5, 5.41) is 3.45. The highest BCUT2D eigenvalue weighted by Crippen LogP contribution is 2.37. The van der Waals surface area contributed by atoms with E-state index < -0.39 is 0 Å². The summed E-state index contributed by atoms with van der Waals surface area (Å²) in [5.41, 5.74) is 0.879. The molecule has 1 unspecified atom stereocenters. The van der Waals surface area contributed by atoms with Gasteiger partial charge in [0.2, 0.25) is 0 Å². The largest absolute Gasteiger partial charge is 0.366 e. The molecule has 96 valence electrons. The monoisotopic (exact) mass is 326 g/mol. The highest BCUT2D eigenvalue weighted by atomic mass is 79.9. The van der Waals surface area contributed by atoms with Gasteiger partial charge in [0.15, 0.2) is 11.5 Å². The molecule has 1 N–H and O–H groups in total. The lowest BCUT2D eigenvalue weighted by Gasteiger charge is -2.23. The smallest absolute Gasteiger partial charge is 0.180 e. The number of thioether (sulfide) groups is 1. The quantitative estimate of drug-likeness (QED) is 0.940. The number of nitrogens with one attached hydrogen (secondary N) is 1. The highest BCUT2D eigenvalue weighted by Gasteiger charge is 2.29. The van der Waals surface area contributed by atoms with Gasteiger partial charge in [-0.05, 0) is 41.4 Å². The zero-order valence-corrected chi connectivity index (χ0v) is 12.6. The van der Waals surface area contributed by atoms with Crippen molar-refractivity contribution in [3.8, 4) is 0 Å². The van der Waals surface area contributed by atoms with Crippen molar-refractivity contribution in [2.24, 2.45) is 0 Å². The molecule has 0 amide bonds.